The van der Waals surface area contributed by atoms with Crippen LogP contribution in [0.25, 0.3) is 27.5 Å². The van der Waals surface area contributed by atoms with E-state index in [-0.39, 0.29) is 0 Å². The van der Waals surface area contributed by atoms with Crippen LogP contribution in [0.15, 0.2) is 187 Å². The number of aliphatic imine (C=N–C) groups is 1. The number of rotatable bonds is 6. The van der Waals surface area contributed by atoms with Crippen molar-refractivity contribution < 1.29 is 0 Å². The first-order valence-corrected chi connectivity index (χ1v) is 16.5. The molecule has 0 bridgehead atoms. The molecule has 0 amide bonds. The zero-order chi connectivity index (χ0) is 32.1. The summed E-state index contributed by atoms with van der Waals surface area (Å²) in [6, 6.07) is 65.0. The number of nitrogens with zero attached hydrogens (tertiary/aromatic N) is 3. The fourth-order valence-corrected chi connectivity index (χ4v) is 7.52. The lowest BCUT2D eigenvalue weighted by Gasteiger charge is -2.29. The predicted molar refractivity (Wildman–Crippen MR) is 201 cm³/mol. The fourth-order valence-electron chi connectivity index (χ4n) is 7.52. The molecule has 9 rings (SSSR count). The van der Waals surface area contributed by atoms with Crippen molar-refractivity contribution in [2.75, 3.05) is 4.90 Å². The van der Waals surface area contributed by atoms with Crippen LogP contribution >= 0.6 is 0 Å². The molecule has 7 aromatic carbocycles. The molecule has 2 heterocycles. The van der Waals surface area contributed by atoms with Gasteiger partial charge in [0.2, 0.25) is 0 Å². The Morgan fingerprint density at radius 1 is 0.500 bits per heavy atom. The third kappa shape index (κ3) is 4.39. The van der Waals surface area contributed by atoms with Crippen molar-refractivity contribution in [3.8, 4) is 5.69 Å². The summed E-state index contributed by atoms with van der Waals surface area (Å²) in [6.45, 7) is 2.33. The highest BCUT2D eigenvalue weighted by atomic mass is 15.1. The number of aromatic nitrogens is 1. The first-order chi connectivity index (χ1) is 23.7. The van der Waals surface area contributed by atoms with Crippen molar-refractivity contribution in [2.45, 2.75) is 12.3 Å². The second kappa shape index (κ2) is 11.3. The summed E-state index contributed by atoms with van der Waals surface area (Å²) in [5.41, 5.74) is 12.1. The summed E-state index contributed by atoms with van der Waals surface area (Å²) in [5.74, 6) is 0. The van der Waals surface area contributed by atoms with E-state index in [4.69, 9.17) is 4.99 Å². The molecule has 1 aliphatic rings. The Balaban J connectivity index is 1.28. The van der Waals surface area contributed by atoms with Gasteiger partial charge in [-0.2, -0.15) is 0 Å². The van der Waals surface area contributed by atoms with E-state index < -0.39 is 5.41 Å². The van der Waals surface area contributed by atoms with Crippen molar-refractivity contribution >= 4 is 50.3 Å². The quantitative estimate of drug-likeness (QED) is 0.182. The Bertz CT molecular complexity index is 2410. The molecule has 1 aliphatic heterocycles. The average Bonchev–Trinajstić information content (AvgIpc) is 3.64. The SMILES string of the molecule is CC1(c2ccccc2)C(c2ccccc2)=Nc2cc3c4ccccc4n(-c4cccc(N(c5ccccc5)c5ccccc5)c4)c3cc21. The molecule has 0 aliphatic carbocycles. The van der Waals surface area contributed by atoms with Crippen LogP contribution in [0.4, 0.5) is 22.7 Å². The van der Waals surface area contributed by atoms with Gasteiger partial charge in [0.25, 0.3) is 0 Å². The Morgan fingerprint density at radius 2 is 1.08 bits per heavy atom. The number of para-hydroxylation sites is 3. The van der Waals surface area contributed by atoms with Crippen molar-refractivity contribution in [3.05, 3.63) is 199 Å². The van der Waals surface area contributed by atoms with Crippen molar-refractivity contribution in [2.24, 2.45) is 4.99 Å². The second-order valence-corrected chi connectivity index (χ2v) is 12.6. The van der Waals surface area contributed by atoms with Crippen LogP contribution in [0.2, 0.25) is 0 Å². The molecule has 3 heteroatoms. The molecule has 8 aromatic rings. The topological polar surface area (TPSA) is 20.5 Å². The minimum absolute atomic E-state index is 0.424. The normalized spacial score (nSPS) is 15.4. The van der Waals surface area contributed by atoms with Gasteiger partial charge in [-0.05, 0) is 84.3 Å². The number of benzene rings is 7. The van der Waals surface area contributed by atoms with E-state index in [0.717, 1.165) is 39.7 Å². The van der Waals surface area contributed by atoms with Gasteiger partial charge in [-0.15, -0.1) is 0 Å². The number of fused-ring (bicyclic) bond motifs is 4. The summed E-state index contributed by atoms with van der Waals surface area (Å²) in [7, 11) is 0. The minimum Gasteiger partial charge on any atom is -0.310 e. The van der Waals surface area contributed by atoms with E-state index in [2.05, 4.69) is 198 Å². The van der Waals surface area contributed by atoms with Crippen LogP contribution in [-0.2, 0) is 5.41 Å². The van der Waals surface area contributed by atoms with E-state index in [1.54, 1.807) is 0 Å². The maximum atomic E-state index is 5.40. The van der Waals surface area contributed by atoms with Gasteiger partial charge in [-0.25, -0.2) is 0 Å². The predicted octanol–water partition coefficient (Wildman–Crippen LogP) is 11.7. The van der Waals surface area contributed by atoms with Crippen molar-refractivity contribution in [3.63, 3.8) is 0 Å². The average molecular weight is 616 g/mol. The summed E-state index contributed by atoms with van der Waals surface area (Å²) in [4.78, 5) is 7.72. The molecule has 48 heavy (non-hydrogen) atoms. The molecule has 1 atom stereocenters. The summed E-state index contributed by atoms with van der Waals surface area (Å²) >= 11 is 0. The zero-order valence-corrected chi connectivity index (χ0v) is 26.7. The first-order valence-electron chi connectivity index (χ1n) is 16.5. The van der Waals surface area contributed by atoms with Gasteiger partial charge in [-0.1, -0.05) is 121 Å². The smallest absolute Gasteiger partial charge is 0.0686 e. The molecule has 228 valence electrons. The first kappa shape index (κ1) is 28.1. The fraction of sp³-hybridized carbons (Fsp3) is 0.0444. The third-order valence-electron chi connectivity index (χ3n) is 9.81. The summed E-state index contributed by atoms with van der Waals surface area (Å²) in [5, 5.41) is 2.42. The molecule has 0 saturated heterocycles. The van der Waals surface area contributed by atoms with Gasteiger partial charge in [0.15, 0.2) is 0 Å². The molecule has 1 aromatic heterocycles. The Morgan fingerprint density at radius 3 is 1.77 bits per heavy atom. The maximum absolute atomic E-state index is 5.40. The lowest BCUT2D eigenvalue weighted by Crippen LogP contribution is -2.31. The van der Waals surface area contributed by atoms with Gasteiger partial charge in [0.1, 0.15) is 0 Å². The van der Waals surface area contributed by atoms with Crippen molar-refractivity contribution in [1.29, 1.82) is 0 Å². The lowest BCUT2D eigenvalue weighted by molar-refractivity contribution is 0.794. The molecule has 0 fully saturated rings. The standard InChI is InChI=1S/C45H33N3/c1-45(33-19-8-3-9-20-33)40-31-43-39(30-41(40)46-44(45)32-17-6-2-7-18-32)38-27-14-15-28-42(38)48(43)37-26-16-25-36(29-37)47(34-21-10-4-11-22-34)35-23-12-5-13-24-35/h2-31H,1H3. The maximum Gasteiger partial charge on any atom is 0.0686 e. The van der Waals surface area contributed by atoms with Gasteiger partial charge >= 0.3 is 0 Å². The highest BCUT2D eigenvalue weighted by Crippen LogP contribution is 2.49. The monoisotopic (exact) mass is 615 g/mol. The molecule has 3 nitrogen and oxygen atoms in total. The van der Waals surface area contributed by atoms with Gasteiger partial charge < -0.3 is 9.47 Å². The van der Waals surface area contributed by atoms with Gasteiger partial charge in [0.05, 0.1) is 27.8 Å². The third-order valence-corrected chi connectivity index (χ3v) is 9.81. The van der Waals surface area contributed by atoms with Crippen LogP contribution in [0.3, 0.4) is 0 Å². The number of anilines is 3. The Kier molecular flexibility index (Phi) is 6.58. The number of hydrogen-bond acceptors (Lipinski definition) is 2. The van der Waals surface area contributed by atoms with Crippen LogP contribution in [-0.4, -0.2) is 10.3 Å². The molecular formula is C45H33N3. The van der Waals surface area contributed by atoms with E-state index in [9.17, 15) is 0 Å². The molecule has 0 N–H and O–H groups in total. The molecule has 0 radical (unpaired) electrons. The highest BCUT2D eigenvalue weighted by Gasteiger charge is 2.42. The van der Waals surface area contributed by atoms with E-state index in [1.807, 2.05) is 0 Å². The Hall–Kier alpha value is -6.19. The van der Waals surface area contributed by atoms with Crippen LogP contribution in [0.5, 0.6) is 0 Å². The van der Waals surface area contributed by atoms with Crippen LogP contribution in [0.1, 0.15) is 23.6 Å². The van der Waals surface area contributed by atoms with E-state index in [1.165, 1.54) is 32.9 Å². The van der Waals surface area contributed by atoms with Crippen LogP contribution in [0, 0.1) is 0 Å². The summed E-state index contributed by atoms with van der Waals surface area (Å²) < 4.78 is 2.43. The molecule has 0 saturated carbocycles. The van der Waals surface area contributed by atoms with Crippen LogP contribution < -0.4 is 4.90 Å². The summed E-state index contributed by atoms with van der Waals surface area (Å²) in [6.07, 6.45) is 0. The minimum atomic E-state index is -0.424. The largest absolute Gasteiger partial charge is 0.310 e. The van der Waals surface area contributed by atoms with Gasteiger partial charge in [-0.3, -0.25) is 4.99 Å². The lowest BCUT2D eigenvalue weighted by atomic mass is 9.71. The van der Waals surface area contributed by atoms with Crippen molar-refractivity contribution in [1.82, 2.24) is 4.57 Å². The Labute approximate surface area is 280 Å². The molecule has 1 unspecified atom stereocenters. The van der Waals surface area contributed by atoms with E-state index in [0.29, 0.717) is 0 Å². The highest BCUT2D eigenvalue weighted by molar-refractivity contribution is 6.18. The zero-order valence-electron chi connectivity index (χ0n) is 26.7. The molecule has 0 spiro atoms. The molecular weight excluding hydrogens is 583 g/mol. The van der Waals surface area contributed by atoms with E-state index >= 15 is 0 Å². The van der Waals surface area contributed by atoms with Gasteiger partial charge in [0, 0.05) is 33.5 Å². The second-order valence-electron chi connectivity index (χ2n) is 12.6. The number of hydrogen-bond donors (Lipinski definition) is 0.